The van der Waals surface area contributed by atoms with Gasteiger partial charge >= 0.3 is 5.97 Å². The summed E-state index contributed by atoms with van der Waals surface area (Å²) in [5.41, 5.74) is 0.460. The molecule has 0 spiro atoms. The fraction of sp³-hybridized carbons (Fsp3) is 0.318. The highest BCUT2D eigenvalue weighted by molar-refractivity contribution is 6.33. The lowest BCUT2D eigenvalue weighted by molar-refractivity contribution is -0.154. The van der Waals surface area contributed by atoms with E-state index in [9.17, 15) is 14.4 Å². The standard InChI is InChI=1S/C22H25ClN2O4/c1-22(2,3)29-20(27)14-24-19(26)13-18(15-9-5-4-6-10-15)25-21(28)16-11-7-8-12-17(16)23/h4-12,18H,13-14H2,1-3H3,(H,24,26)(H,25,28). The van der Waals surface area contributed by atoms with Gasteiger partial charge in [-0.3, -0.25) is 14.4 Å². The number of rotatable bonds is 7. The van der Waals surface area contributed by atoms with Crippen LogP contribution in [0.4, 0.5) is 0 Å². The van der Waals surface area contributed by atoms with E-state index < -0.39 is 17.6 Å². The minimum absolute atomic E-state index is 0.0387. The minimum Gasteiger partial charge on any atom is -0.459 e. The maximum absolute atomic E-state index is 12.7. The molecule has 0 aliphatic carbocycles. The lowest BCUT2D eigenvalue weighted by Gasteiger charge is -2.21. The van der Waals surface area contributed by atoms with Gasteiger partial charge in [-0.1, -0.05) is 54.1 Å². The second kappa shape index (κ2) is 10.1. The fourth-order valence-corrected chi connectivity index (χ4v) is 2.85. The Morgan fingerprint density at radius 2 is 1.62 bits per heavy atom. The van der Waals surface area contributed by atoms with Crippen LogP contribution in [0.25, 0.3) is 0 Å². The van der Waals surface area contributed by atoms with Gasteiger partial charge in [0.15, 0.2) is 0 Å². The van der Waals surface area contributed by atoms with Crippen molar-refractivity contribution < 1.29 is 19.1 Å². The van der Waals surface area contributed by atoms with Gasteiger partial charge in [0, 0.05) is 0 Å². The Bertz CT molecular complexity index is 863. The van der Waals surface area contributed by atoms with E-state index in [2.05, 4.69) is 10.6 Å². The maximum Gasteiger partial charge on any atom is 0.325 e. The van der Waals surface area contributed by atoms with E-state index in [1.807, 2.05) is 30.3 Å². The maximum atomic E-state index is 12.7. The molecule has 0 aromatic heterocycles. The smallest absolute Gasteiger partial charge is 0.325 e. The quantitative estimate of drug-likeness (QED) is 0.674. The van der Waals surface area contributed by atoms with Crippen molar-refractivity contribution in [2.75, 3.05) is 6.54 Å². The van der Waals surface area contributed by atoms with Gasteiger partial charge in [0.25, 0.3) is 5.91 Å². The van der Waals surface area contributed by atoms with E-state index in [1.165, 1.54) is 0 Å². The highest BCUT2D eigenvalue weighted by atomic mass is 35.5. The van der Waals surface area contributed by atoms with Crippen molar-refractivity contribution >= 4 is 29.4 Å². The van der Waals surface area contributed by atoms with Gasteiger partial charge in [-0.2, -0.15) is 0 Å². The van der Waals surface area contributed by atoms with Gasteiger partial charge in [-0.15, -0.1) is 0 Å². The Morgan fingerprint density at radius 1 is 1.00 bits per heavy atom. The van der Waals surface area contributed by atoms with Crippen LogP contribution < -0.4 is 10.6 Å². The SMILES string of the molecule is CC(C)(C)OC(=O)CNC(=O)CC(NC(=O)c1ccccc1Cl)c1ccccc1. The fourth-order valence-electron chi connectivity index (χ4n) is 2.62. The molecule has 2 aromatic carbocycles. The highest BCUT2D eigenvalue weighted by Crippen LogP contribution is 2.20. The number of esters is 1. The Morgan fingerprint density at radius 3 is 2.24 bits per heavy atom. The lowest BCUT2D eigenvalue weighted by Crippen LogP contribution is -2.37. The molecule has 2 N–H and O–H groups in total. The van der Waals surface area contributed by atoms with Crippen LogP contribution >= 0.6 is 11.6 Å². The molecule has 0 aliphatic heterocycles. The zero-order valence-electron chi connectivity index (χ0n) is 16.7. The van der Waals surface area contributed by atoms with Gasteiger partial charge < -0.3 is 15.4 Å². The number of halogens is 1. The first-order chi connectivity index (χ1) is 13.7. The first-order valence-corrected chi connectivity index (χ1v) is 9.62. The molecule has 0 saturated heterocycles. The van der Waals surface area contributed by atoms with Crippen LogP contribution in [0.1, 0.15) is 49.2 Å². The summed E-state index contributed by atoms with van der Waals surface area (Å²) in [4.78, 5) is 36.8. The predicted octanol–water partition coefficient (Wildman–Crippen LogP) is 3.66. The predicted molar refractivity (Wildman–Crippen MR) is 112 cm³/mol. The van der Waals surface area contributed by atoms with Crippen LogP contribution in [0, 0.1) is 0 Å². The van der Waals surface area contributed by atoms with E-state index >= 15 is 0 Å². The van der Waals surface area contributed by atoms with Crippen molar-refractivity contribution in [3.8, 4) is 0 Å². The number of carbonyl (C=O) groups excluding carboxylic acids is 3. The average Bonchev–Trinajstić information content (AvgIpc) is 2.65. The van der Waals surface area contributed by atoms with E-state index in [0.717, 1.165) is 5.56 Å². The second-order valence-corrected chi connectivity index (χ2v) is 7.89. The Kier molecular flexibility index (Phi) is 7.79. The zero-order chi connectivity index (χ0) is 21.4. The van der Waals surface area contributed by atoms with E-state index in [4.69, 9.17) is 16.3 Å². The van der Waals surface area contributed by atoms with Crippen LogP contribution in [0.5, 0.6) is 0 Å². The molecule has 1 atom stereocenters. The molecule has 0 bridgehead atoms. The van der Waals surface area contributed by atoms with E-state index in [-0.39, 0.29) is 24.8 Å². The number of hydrogen-bond donors (Lipinski definition) is 2. The molecule has 2 aromatic rings. The molecule has 0 radical (unpaired) electrons. The summed E-state index contributed by atoms with van der Waals surface area (Å²) in [5, 5.41) is 5.71. The molecule has 2 rings (SSSR count). The molecule has 2 amide bonds. The molecular formula is C22H25ClN2O4. The summed E-state index contributed by atoms with van der Waals surface area (Å²) >= 11 is 6.10. The number of carbonyl (C=O) groups is 3. The third-order valence-electron chi connectivity index (χ3n) is 3.87. The Hall–Kier alpha value is -2.86. The van der Waals surface area contributed by atoms with Gasteiger partial charge in [0.05, 0.1) is 23.0 Å². The summed E-state index contributed by atoms with van der Waals surface area (Å²) in [6, 6.07) is 15.2. The van der Waals surface area contributed by atoms with Crippen LogP contribution in [0.2, 0.25) is 5.02 Å². The molecular weight excluding hydrogens is 392 g/mol. The first-order valence-electron chi connectivity index (χ1n) is 9.24. The molecule has 1 unspecified atom stereocenters. The van der Waals surface area contributed by atoms with E-state index in [1.54, 1.807) is 45.0 Å². The normalized spacial score (nSPS) is 12.0. The number of ether oxygens (including phenoxy) is 1. The molecule has 0 heterocycles. The summed E-state index contributed by atoms with van der Waals surface area (Å²) in [7, 11) is 0. The monoisotopic (exact) mass is 416 g/mol. The Labute approximate surface area is 175 Å². The number of nitrogens with one attached hydrogen (secondary N) is 2. The van der Waals surface area contributed by atoms with Crippen LogP contribution in [0.15, 0.2) is 54.6 Å². The van der Waals surface area contributed by atoms with Gasteiger partial charge in [-0.05, 0) is 38.5 Å². The van der Waals surface area contributed by atoms with Crippen molar-refractivity contribution in [1.82, 2.24) is 10.6 Å². The summed E-state index contributed by atoms with van der Waals surface area (Å²) in [6.07, 6.45) is -0.0387. The Balaban J connectivity index is 2.05. The third kappa shape index (κ3) is 7.58. The van der Waals surface area contributed by atoms with Gasteiger partial charge in [-0.25, -0.2) is 0 Å². The third-order valence-corrected chi connectivity index (χ3v) is 4.19. The topological polar surface area (TPSA) is 84.5 Å². The van der Waals surface area contributed by atoms with Crippen LogP contribution in [0.3, 0.4) is 0 Å². The van der Waals surface area contributed by atoms with E-state index in [0.29, 0.717) is 10.6 Å². The largest absolute Gasteiger partial charge is 0.459 e. The summed E-state index contributed by atoms with van der Waals surface area (Å²) in [6.45, 7) is 5.02. The molecule has 0 fully saturated rings. The second-order valence-electron chi connectivity index (χ2n) is 7.48. The van der Waals surface area contributed by atoms with Crippen LogP contribution in [-0.4, -0.2) is 29.9 Å². The van der Waals surface area contributed by atoms with Gasteiger partial charge in [0.1, 0.15) is 12.1 Å². The molecule has 0 saturated carbocycles. The molecule has 6 nitrogen and oxygen atoms in total. The highest BCUT2D eigenvalue weighted by Gasteiger charge is 2.22. The average molecular weight is 417 g/mol. The number of benzene rings is 2. The van der Waals surface area contributed by atoms with Gasteiger partial charge in [0.2, 0.25) is 5.91 Å². The minimum atomic E-state index is -0.628. The van der Waals surface area contributed by atoms with Crippen molar-refractivity contribution in [2.45, 2.75) is 38.8 Å². The molecule has 7 heteroatoms. The lowest BCUT2D eigenvalue weighted by atomic mass is 10.0. The molecule has 29 heavy (non-hydrogen) atoms. The van der Waals surface area contributed by atoms with Crippen molar-refractivity contribution in [3.05, 3.63) is 70.7 Å². The van der Waals surface area contributed by atoms with Crippen molar-refractivity contribution in [1.29, 1.82) is 0 Å². The van der Waals surface area contributed by atoms with Crippen LogP contribution in [-0.2, 0) is 14.3 Å². The molecule has 154 valence electrons. The van der Waals surface area contributed by atoms with Crippen molar-refractivity contribution in [3.63, 3.8) is 0 Å². The summed E-state index contributed by atoms with van der Waals surface area (Å²) in [5.74, 6) is -1.30. The number of amides is 2. The molecule has 0 aliphatic rings. The zero-order valence-corrected chi connectivity index (χ0v) is 17.5. The van der Waals surface area contributed by atoms with Crippen molar-refractivity contribution in [2.24, 2.45) is 0 Å². The number of hydrogen-bond acceptors (Lipinski definition) is 4. The first kappa shape index (κ1) is 22.4. The summed E-state index contributed by atoms with van der Waals surface area (Å²) < 4.78 is 5.18.